The Hall–Kier alpha value is -0.570. The molecule has 1 aliphatic carbocycles. The zero-order valence-electron chi connectivity index (χ0n) is 8.38. The molecular formula is C10H18O3. The van der Waals surface area contributed by atoms with Crippen molar-refractivity contribution in [1.29, 1.82) is 0 Å². The predicted molar refractivity (Wildman–Crippen MR) is 49.2 cm³/mol. The highest BCUT2D eigenvalue weighted by Crippen LogP contribution is 2.33. The Morgan fingerprint density at radius 1 is 1.62 bits per heavy atom. The molecule has 1 fully saturated rings. The molecule has 13 heavy (non-hydrogen) atoms. The third kappa shape index (κ3) is 2.69. The molecule has 3 heteroatoms. The van der Waals surface area contributed by atoms with Crippen molar-refractivity contribution in [3.05, 3.63) is 0 Å². The standard InChI is InChI=1S/C10H18O3/c1-3-13-9(11)10(2,12)7-8-5-4-6-8/h8,12H,3-7H2,1-2H3. The van der Waals surface area contributed by atoms with Crippen molar-refractivity contribution in [3.63, 3.8) is 0 Å². The van der Waals surface area contributed by atoms with Gasteiger partial charge in [0.25, 0.3) is 0 Å². The Morgan fingerprint density at radius 3 is 2.62 bits per heavy atom. The summed E-state index contributed by atoms with van der Waals surface area (Å²) >= 11 is 0. The molecule has 1 saturated carbocycles. The summed E-state index contributed by atoms with van der Waals surface area (Å²) in [4.78, 5) is 11.3. The molecule has 0 aromatic rings. The fourth-order valence-corrected chi connectivity index (χ4v) is 1.63. The molecule has 1 unspecified atom stereocenters. The van der Waals surface area contributed by atoms with Crippen LogP contribution in [0.25, 0.3) is 0 Å². The first kappa shape index (κ1) is 10.5. The first-order valence-corrected chi connectivity index (χ1v) is 4.96. The van der Waals surface area contributed by atoms with E-state index >= 15 is 0 Å². The lowest BCUT2D eigenvalue weighted by Gasteiger charge is -2.31. The summed E-state index contributed by atoms with van der Waals surface area (Å²) in [7, 11) is 0. The molecule has 76 valence electrons. The number of ether oxygens (including phenoxy) is 1. The van der Waals surface area contributed by atoms with Crippen LogP contribution in [0.15, 0.2) is 0 Å². The topological polar surface area (TPSA) is 46.5 Å². The van der Waals surface area contributed by atoms with Gasteiger partial charge in [-0.15, -0.1) is 0 Å². The second-order valence-electron chi connectivity index (χ2n) is 4.00. The number of carbonyl (C=O) groups excluding carboxylic acids is 1. The van der Waals surface area contributed by atoms with E-state index in [1.165, 1.54) is 6.42 Å². The lowest BCUT2D eigenvalue weighted by Crippen LogP contribution is -2.40. The Morgan fingerprint density at radius 2 is 2.23 bits per heavy atom. The number of carbonyl (C=O) groups is 1. The van der Waals surface area contributed by atoms with Crippen LogP contribution in [0.1, 0.15) is 39.5 Å². The fraction of sp³-hybridized carbons (Fsp3) is 0.900. The van der Waals surface area contributed by atoms with Crippen LogP contribution in [0.2, 0.25) is 0 Å². The Kier molecular flexibility index (Phi) is 3.31. The Labute approximate surface area is 79.1 Å². The van der Waals surface area contributed by atoms with Crippen LogP contribution in [0.4, 0.5) is 0 Å². The van der Waals surface area contributed by atoms with E-state index in [1.807, 2.05) is 0 Å². The summed E-state index contributed by atoms with van der Waals surface area (Å²) in [6.07, 6.45) is 4.04. The maximum atomic E-state index is 11.3. The van der Waals surface area contributed by atoms with Gasteiger partial charge in [-0.25, -0.2) is 4.79 Å². The van der Waals surface area contributed by atoms with Crippen molar-refractivity contribution in [2.75, 3.05) is 6.61 Å². The van der Waals surface area contributed by atoms with Crippen LogP contribution in [0.5, 0.6) is 0 Å². The first-order valence-electron chi connectivity index (χ1n) is 4.96. The van der Waals surface area contributed by atoms with E-state index < -0.39 is 11.6 Å². The smallest absolute Gasteiger partial charge is 0.337 e. The molecule has 0 aromatic heterocycles. The van der Waals surface area contributed by atoms with Gasteiger partial charge in [0.15, 0.2) is 5.60 Å². The molecular weight excluding hydrogens is 168 g/mol. The minimum absolute atomic E-state index is 0.333. The molecule has 1 aliphatic rings. The van der Waals surface area contributed by atoms with Gasteiger partial charge >= 0.3 is 5.97 Å². The van der Waals surface area contributed by atoms with Gasteiger partial charge in [0.2, 0.25) is 0 Å². The van der Waals surface area contributed by atoms with E-state index in [9.17, 15) is 9.90 Å². The van der Waals surface area contributed by atoms with Crippen molar-refractivity contribution >= 4 is 5.97 Å². The predicted octanol–water partition coefficient (Wildman–Crippen LogP) is 1.49. The minimum atomic E-state index is -1.28. The van der Waals surface area contributed by atoms with Crippen molar-refractivity contribution in [3.8, 4) is 0 Å². The van der Waals surface area contributed by atoms with E-state index in [-0.39, 0.29) is 0 Å². The maximum absolute atomic E-state index is 11.3. The number of hydrogen-bond acceptors (Lipinski definition) is 3. The van der Waals surface area contributed by atoms with Crippen molar-refractivity contribution in [2.24, 2.45) is 5.92 Å². The third-order valence-electron chi connectivity index (χ3n) is 2.63. The highest BCUT2D eigenvalue weighted by atomic mass is 16.5. The average molecular weight is 186 g/mol. The zero-order chi connectivity index (χ0) is 9.90. The summed E-state index contributed by atoms with van der Waals surface area (Å²) in [5, 5.41) is 9.77. The lowest BCUT2D eigenvalue weighted by molar-refractivity contribution is -0.165. The summed E-state index contributed by atoms with van der Waals surface area (Å²) in [6.45, 7) is 3.63. The molecule has 3 nitrogen and oxygen atoms in total. The quantitative estimate of drug-likeness (QED) is 0.677. The van der Waals surface area contributed by atoms with Gasteiger partial charge in [-0.3, -0.25) is 0 Å². The molecule has 0 radical (unpaired) electrons. The highest BCUT2D eigenvalue weighted by Gasteiger charge is 2.36. The molecule has 0 aromatic carbocycles. The number of hydrogen-bond donors (Lipinski definition) is 1. The van der Waals surface area contributed by atoms with Gasteiger partial charge in [0.1, 0.15) is 0 Å². The van der Waals surface area contributed by atoms with Crippen LogP contribution in [0, 0.1) is 5.92 Å². The van der Waals surface area contributed by atoms with E-state index in [2.05, 4.69) is 0 Å². The van der Waals surface area contributed by atoms with Crippen molar-refractivity contribution < 1.29 is 14.6 Å². The van der Waals surface area contributed by atoms with Gasteiger partial charge in [-0.2, -0.15) is 0 Å². The van der Waals surface area contributed by atoms with Crippen LogP contribution in [-0.2, 0) is 9.53 Å². The average Bonchev–Trinajstić information content (AvgIpc) is 1.98. The maximum Gasteiger partial charge on any atom is 0.337 e. The van der Waals surface area contributed by atoms with E-state index in [0.717, 1.165) is 12.8 Å². The molecule has 1 atom stereocenters. The zero-order valence-corrected chi connectivity index (χ0v) is 8.38. The molecule has 1 N–H and O–H groups in total. The third-order valence-corrected chi connectivity index (χ3v) is 2.63. The normalized spacial score (nSPS) is 21.8. The molecule has 0 heterocycles. The summed E-state index contributed by atoms with van der Waals surface area (Å²) < 4.78 is 4.79. The molecule has 1 rings (SSSR count). The second-order valence-corrected chi connectivity index (χ2v) is 4.00. The van der Waals surface area contributed by atoms with Crippen molar-refractivity contribution in [1.82, 2.24) is 0 Å². The van der Waals surface area contributed by atoms with E-state index in [1.54, 1.807) is 13.8 Å². The molecule has 0 spiro atoms. The van der Waals surface area contributed by atoms with Gasteiger partial charge in [0, 0.05) is 0 Å². The molecule has 0 bridgehead atoms. The fourth-order valence-electron chi connectivity index (χ4n) is 1.63. The number of rotatable bonds is 4. The second kappa shape index (κ2) is 4.09. The van der Waals surface area contributed by atoms with Crippen LogP contribution in [-0.4, -0.2) is 23.3 Å². The Bertz CT molecular complexity index is 183. The molecule has 0 amide bonds. The van der Waals surface area contributed by atoms with Crippen LogP contribution >= 0.6 is 0 Å². The highest BCUT2D eigenvalue weighted by molar-refractivity contribution is 5.78. The lowest BCUT2D eigenvalue weighted by atomic mass is 9.78. The van der Waals surface area contributed by atoms with Crippen LogP contribution in [0.3, 0.4) is 0 Å². The SMILES string of the molecule is CCOC(=O)C(C)(O)CC1CCC1. The minimum Gasteiger partial charge on any atom is -0.464 e. The van der Waals surface area contributed by atoms with Crippen molar-refractivity contribution in [2.45, 2.75) is 45.1 Å². The van der Waals surface area contributed by atoms with Gasteiger partial charge < -0.3 is 9.84 Å². The molecule has 0 saturated heterocycles. The van der Waals surface area contributed by atoms with Gasteiger partial charge in [0.05, 0.1) is 6.61 Å². The summed E-state index contributed by atoms with van der Waals surface area (Å²) in [5.74, 6) is 0.0290. The Balaban J connectivity index is 2.38. The monoisotopic (exact) mass is 186 g/mol. The summed E-state index contributed by atoms with van der Waals surface area (Å²) in [6, 6.07) is 0. The first-order chi connectivity index (χ1) is 6.06. The summed E-state index contributed by atoms with van der Waals surface area (Å²) in [5.41, 5.74) is -1.28. The van der Waals surface area contributed by atoms with Gasteiger partial charge in [-0.1, -0.05) is 19.3 Å². The van der Waals surface area contributed by atoms with Gasteiger partial charge in [-0.05, 0) is 26.2 Å². The number of aliphatic hydroxyl groups is 1. The van der Waals surface area contributed by atoms with E-state index in [0.29, 0.717) is 18.9 Å². The largest absolute Gasteiger partial charge is 0.464 e. The van der Waals surface area contributed by atoms with E-state index in [4.69, 9.17) is 4.74 Å². The van der Waals surface area contributed by atoms with Crippen LogP contribution < -0.4 is 0 Å². The molecule has 0 aliphatic heterocycles. The number of esters is 1.